The van der Waals surface area contributed by atoms with E-state index in [0.717, 1.165) is 17.0 Å². The van der Waals surface area contributed by atoms with E-state index in [1.165, 1.54) is 0 Å². The van der Waals surface area contributed by atoms with E-state index in [1.54, 1.807) is 0 Å². The van der Waals surface area contributed by atoms with Crippen molar-refractivity contribution in [1.29, 1.82) is 0 Å². The normalized spacial score (nSPS) is 27.1. The molecule has 164 valence electrons. The number of urea groups is 1. The van der Waals surface area contributed by atoms with Gasteiger partial charge >= 0.3 is 22.2 Å². The summed E-state index contributed by atoms with van der Waals surface area (Å²) in [6.07, 6.45) is -5.78. The Kier molecular flexibility index (Phi) is 5.94. The molecule has 4 N–H and O–H groups in total. The molecule has 2 fully saturated rings. The van der Waals surface area contributed by atoms with E-state index in [4.69, 9.17) is 9.47 Å². The topological polar surface area (TPSA) is 180 Å². The van der Waals surface area contributed by atoms with Gasteiger partial charge in [0.15, 0.2) is 6.23 Å². The van der Waals surface area contributed by atoms with Crippen LogP contribution in [0.4, 0.5) is 8.68 Å². The number of phenols is 1. The number of ether oxygens (including phenoxy) is 2. The number of aliphatic hydroxyl groups is 2. The standard InChI is InChI=1S/C16H17FN2O10S/c17-30(26,27)7-1-2-9(20)8(5-7)15(24)28-6-10-12(22)13(23)14(29-10)19-4-3-11(21)18-16(19)25/h1-2,5,10,12-14,20,22-23H,3-4,6H2,(H,18,21,25). The van der Waals surface area contributed by atoms with Crippen molar-refractivity contribution in [3.05, 3.63) is 23.8 Å². The fraction of sp³-hybridized carbons (Fsp3) is 0.438. The molecule has 4 atom stereocenters. The zero-order valence-electron chi connectivity index (χ0n) is 15.1. The van der Waals surface area contributed by atoms with Crippen LogP contribution in [-0.4, -0.2) is 84.2 Å². The summed E-state index contributed by atoms with van der Waals surface area (Å²) in [7, 11) is -5.14. The highest BCUT2D eigenvalue weighted by Crippen LogP contribution is 2.27. The molecule has 0 bridgehead atoms. The second-order valence-electron chi connectivity index (χ2n) is 6.56. The van der Waals surface area contributed by atoms with Gasteiger partial charge in [-0.2, -0.15) is 8.42 Å². The molecule has 2 heterocycles. The maximum Gasteiger partial charge on any atom is 0.342 e. The minimum Gasteiger partial charge on any atom is -0.507 e. The summed E-state index contributed by atoms with van der Waals surface area (Å²) in [6, 6.07) is 1.29. The van der Waals surface area contributed by atoms with E-state index in [2.05, 4.69) is 0 Å². The van der Waals surface area contributed by atoms with Gasteiger partial charge in [-0.15, -0.1) is 3.89 Å². The van der Waals surface area contributed by atoms with Crippen LogP contribution in [0.2, 0.25) is 0 Å². The van der Waals surface area contributed by atoms with Crippen LogP contribution in [0.5, 0.6) is 5.75 Å². The number of benzene rings is 1. The number of hydrogen-bond acceptors (Lipinski definition) is 10. The number of nitrogens with one attached hydrogen (secondary N) is 1. The molecule has 30 heavy (non-hydrogen) atoms. The quantitative estimate of drug-likeness (QED) is 0.309. The summed E-state index contributed by atoms with van der Waals surface area (Å²) < 4.78 is 45.3. The molecule has 0 saturated carbocycles. The number of carbonyl (C=O) groups is 3. The van der Waals surface area contributed by atoms with Crippen molar-refractivity contribution in [3.8, 4) is 5.75 Å². The van der Waals surface area contributed by atoms with Gasteiger partial charge in [-0.05, 0) is 18.2 Å². The van der Waals surface area contributed by atoms with Crippen molar-refractivity contribution in [3.63, 3.8) is 0 Å². The Morgan fingerprint density at radius 2 is 2.00 bits per heavy atom. The first-order valence-corrected chi connectivity index (χ1v) is 9.94. The van der Waals surface area contributed by atoms with Crippen LogP contribution in [0.1, 0.15) is 16.8 Å². The second-order valence-corrected chi connectivity index (χ2v) is 7.91. The summed E-state index contributed by atoms with van der Waals surface area (Å²) in [5.74, 6) is -2.42. The summed E-state index contributed by atoms with van der Waals surface area (Å²) in [5.41, 5.74) is -0.646. The van der Waals surface area contributed by atoms with Gasteiger partial charge in [0.1, 0.15) is 36.2 Å². The molecule has 3 rings (SSSR count). The number of phenolic OH excluding ortho intramolecular Hbond substituents is 1. The Labute approximate surface area is 169 Å². The van der Waals surface area contributed by atoms with E-state index in [9.17, 15) is 42.0 Å². The van der Waals surface area contributed by atoms with Crippen molar-refractivity contribution in [2.24, 2.45) is 0 Å². The molecule has 12 nitrogen and oxygen atoms in total. The van der Waals surface area contributed by atoms with Gasteiger partial charge in [0.05, 0.1) is 4.90 Å². The van der Waals surface area contributed by atoms with Gasteiger partial charge in [0.25, 0.3) is 0 Å². The number of aromatic hydroxyl groups is 1. The Bertz CT molecular complexity index is 984. The van der Waals surface area contributed by atoms with Gasteiger partial charge < -0.3 is 24.8 Å². The number of esters is 1. The average Bonchev–Trinajstić information content (AvgIpc) is 2.94. The molecular weight excluding hydrogens is 431 g/mol. The molecule has 0 aromatic heterocycles. The Morgan fingerprint density at radius 3 is 2.63 bits per heavy atom. The molecule has 0 aliphatic carbocycles. The number of halogens is 1. The number of carbonyl (C=O) groups excluding carboxylic acids is 3. The Morgan fingerprint density at radius 1 is 1.30 bits per heavy atom. The lowest BCUT2D eigenvalue weighted by Gasteiger charge is -2.32. The molecule has 1 aromatic carbocycles. The predicted molar refractivity (Wildman–Crippen MR) is 92.2 cm³/mol. The summed E-state index contributed by atoms with van der Waals surface area (Å²) in [4.78, 5) is 35.4. The van der Waals surface area contributed by atoms with Gasteiger partial charge in [-0.25, -0.2) is 9.59 Å². The molecular formula is C16H17FN2O10S. The van der Waals surface area contributed by atoms with Crippen molar-refractivity contribution >= 4 is 28.1 Å². The van der Waals surface area contributed by atoms with Crippen LogP contribution < -0.4 is 5.32 Å². The minimum atomic E-state index is -5.14. The van der Waals surface area contributed by atoms with E-state index in [-0.39, 0.29) is 13.0 Å². The van der Waals surface area contributed by atoms with Crippen LogP contribution in [0, 0.1) is 0 Å². The van der Waals surface area contributed by atoms with Gasteiger partial charge in [0.2, 0.25) is 5.91 Å². The first kappa shape index (κ1) is 21.9. The molecule has 1 aromatic rings. The third-order valence-corrected chi connectivity index (χ3v) is 5.40. The third kappa shape index (κ3) is 4.35. The minimum absolute atomic E-state index is 0.0405. The largest absolute Gasteiger partial charge is 0.507 e. The highest BCUT2D eigenvalue weighted by atomic mass is 32.3. The molecule has 3 amide bonds. The number of nitrogens with zero attached hydrogens (tertiary/aromatic N) is 1. The van der Waals surface area contributed by atoms with Crippen LogP contribution >= 0.6 is 0 Å². The molecule has 0 radical (unpaired) electrons. The predicted octanol–water partition coefficient (Wildman–Crippen LogP) is -1.40. The third-order valence-electron chi connectivity index (χ3n) is 4.58. The first-order valence-electron chi connectivity index (χ1n) is 8.56. The first-order chi connectivity index (χ1) is 14.0. The zero-order valence-corrected chi connectivity index (χ0v) is 15.9. The number of amides is 3. The Balaban J connectivity index is 1.67. The summed E-state index contributed by atoms with van der Waals surface area (Å²) in [6.45, 7) is -0.710. The second kappa shape index (κ2) is 8.14. The SMILES string of the molecule is O=C1CCN(C2OC(COC(=O)c3cc(S(=O)(=O)F)ccc3O)C(O)C2O)C(=O)N1. The van der Waals surface area contributed by atoms with Crippen LogP contribution in [0.25, 0.3) is 0 Å². The van der Waals surface area contributed by atoms with Crippen LogP contribution in [-0.2, 0) is 24.5 Å². The summed E-state index contributed by atoms with van der Waals surface area (Å²) >= 11 is 0. The maximum atomic E-state index is 13.1. The molecule has 14 heteroatoms. The Hall–Kier alpha value is -2.81. The number of imide groups is 1. The fourth-order valence-corrected chi connectivity index (χ4v) is 3.50. The van der Waals surface area contributed by atoms with Crippen molar-refractivity contribution < 1.29 is 51.5 Å². The van der Waals surface area contributed by atoms with E-state index < -0.39 is 75.5 Å². The van der Waals surface area contributed by atoms with Crippen molar-refractivity contribution in [1.82, 2.24) is 10.2 Å². The molecule has 2 aliphatic heterocycles. The highest BCUT2D eigenvalue weighted by molar-refractivity contribution is 7.86. The van der Waals surface area contributed by atoms with Gasteiger partial charge in [-0.1, -0.05) is 0 Å². The zero-order chi connectivity index (χ0) is 22.2. The monoisotopic (exact) mass is 448 g/mol. The molecule has 0 spiro atoms. The van der Waals surface area contributed by atoms with Gasteiger partial charge in [0, 0.05) is 13.0 Å². The average molecular weight is 448 g/mol. The van der Waals surface area contributed by atoms with Gasteiger partial charge in [-0.3, -0.25) is 15.0 Å². The number of hydrogen-bond donors (Lipinski definition) is 4. The lowest BCUT2D eigenvalue weighted by atomic mass is 10.1. The smallest absolute Gasteiger partial charge is 0.342 e. The van der Waals surface area contributed by atoms with E-state index in [1.807, 2.05) is 5.32 Å². The fourth-order valence-electron chi connectivity index (χ4n) is 3.01. The number of aliphatic hydroxyl groups excluding tert-OH is 2. The highest BCUT2D eigenvalue weighted by Gasteiger charge is 2.48. The van der Waals surface area contributed by atoms with E-state index in [0.29, 0.717) is 6.07 Å². The van der Waals surface area contributed by atoms with E-state index >= 15 is 0 Å². The van der Waals surface area contributed by atoms with Crippen LogP contribution in [0.3, 0.4) is 0 Å². The van der Waals surface area contributed by atoms with Crippen molar-refractivity contribution in [2.75, 3.05) is 13.2 Å². The maximum absolute atomic E-state index is 13.1. The van der Waals surface area contributed by atoms with Crippen molar-refractivity contribution in [2.45, 2.75) is 35.9 Å². The lowest BCUT2D eigenvalue weighted by Crippen LogP contribution is -2.56. The molecule has 2 aliphatic rings. The summed E-state index contributed by atoms with van der Waals surface area (Å²) in [5, 5.41) is 32.0. The lowest BCUT2D eigenvalue weighted by molar-refractivity contribution is -0.125. The number of rotatable bonds is 5. The molecule has 2 saturated heterocycles. The molecule has 4 unspecified atom stereocenters. The van der Waals surface area contributed by atoms with Crippen LogP contribution in [0.15, 0.2) is 23.1 Å².